The van der Waals surface area contributed by atoms with Gasteiger partial charge in [0.25, 0.3) is 0 Å². The number of alkyl halides is 2. The zero-order valence-electron chi connectivity index (χ0n) is 18.1. The number of carbonyl (C=O) groups is 1. The number of nitrogens with zero attached hydrogens (tertiary/aromatic N) is 1. The van der Waals surface area contributed by atoms with Crippen LogP contribution < -0.4 is 5.73 Å². The number of benzene rings is 1. The maximum atomic E-state index is 14.0. The standard InChI is InChI=1S/C25H34F2N2O/c1-23(2)15-29(9-8-19(23)28)22(30)25-12-16-10-24(14-25,18-6-4-3-5-7-18)11-17(13-25)20(16)21(26)27/h3-7,16-17,19-21H,8-15,28H2,1-2H3/t16?,17?,19-,20?,24?,25?/m0/s1. The molecule has 5 fully saturated rings. The van der Waals surface area contributed by atoms with Gasteiger partial charge in [-0.05, 0) is 66.8 Å². The average molecular weight is 417 g/mol. The first-order chi connectivity index (χ1) is 14.2. The molecule has 1 heterocycles. The number of likely N-dealkylation sites (tertiary alicyclic amines) is 1. The molecule has 1 saturated heterocycles. The number of halogens is 2. The van der Waals surface area contributed by atoms with E-state index in [2.05, 4.69) is 26.0 Å². The van der Waals surface area contributed by atoms with E-state index >= 15 is 0 Å². The summed E-state index contributed by atoms with van der Waals surface area (Å²) in [7, 11) is 0. The molecule has 0 radical (unpaired) electrons. The Morgan fingerprint density at radius 3 is 2.30 bits per heavy atom. The topological polar surface area (TPSA) is 46.3 Å². The average Bonchev–Trinajstić information content (AvgIpc) is 2.69. The lowest BCUT2D eigenvalue weighted by atomic mass is 9.40. The highest BCUT2D eigenvalue weighted by molar-refractivity contribution is 5.84. The van der Waals surface area contributed by atoms with Crippen molar-refractivity contribution in [3.05, 3.63) is 35.9 Å². The van der Waals surface area contributed by atoms with Gasteiger partial charge in [-0.1, -0.05) is 44.2 Å². The van der Waals surface area contributed by atoms with E-state index in [1.165, 1.54) is 5.56 Å². The summed E-state index contributed by atoms with van der Waals surface area (Å²) in [5.41, 5.74) is 6.83. The SMILES string of the molecule is CC1(C)CN(C(=O)C23CC4CC(c5ccccc5)(CC(C2)C4C(F)F)C3)CC[C@@H]1N. The zero-order valence-corrected chi connectivity index (χ0v) is 18.1. The van der Waals surface area contributed by atoms with Crippen molar-refractivity contribution in [1.29, 1.82) is 0 Å². The van der Waals surface area contributed by atoms with Crippen LogP contribution in [0.25, 0.3) is 0 Å². The van der Waals surface area contributed by atoms with Crippen molar-refractivity contribution in [2.24, 2.45) is 34.3 Å². The number of piperidine rings is 1. The van der Waals surface area contributed by atoms with E-state index in [9.17, 15) is 13.6 Å². The van der Waals surface area contributed by atoms with Gasteiger partial charge in [0.05, 0.1) is 5.41 Å². The zero-order chi connectivity index (χ0) is 21.3. The molecule has 3 atom stereocenters. The smallest absolute Gasteiger partial charge is 0.241 e. The van der Waals surface area contributed by atoms with Crippen molar-refractivity contribution in [3.8, 4) is 0 Å². The summed E-state index contributed by atoms with van der Waals surface area (Å²) >= 11 is 0. The normalized spacial score (nSPS) is 42.0. The minimum absolute atomic E-state index is 0.0598. The Kier molecular flexibility index (Phi) is 4.59. The Morgan fingerprint density at radius 1 is 1.10 bits per heavy atom. The Balaban J connectivity index is 1.50. The second-order valence-electron chi connectivity index (χ2n) is 11.5. The molecule has 1 aromatic rings. The van der Waals surface area contributed by atoms with E-state index in [0.717, 1.165) is 25.7 Å². The van der Waals surface area contributed by atoms with Gasteiger partial charge >= 0.3 is 0 Å². The number of hydrogen-bond acceptors (Lipinski definition) is 2. The van der Waals surface area contributed by atoms with Crippen LogP contribution in [0.2, 0.25) is 0 Å². The summed E-state index contributed by atoms with van der Waals surface area (Å²) in [5.74, 6) is -0.454. The Hall–Kier alpha value is -1.49. The van der Waals surface area contributed by atoms with Crippen molar-refractivity contribution >= 4 is 5.91 Å². The number of carbonyl (C=O) groups excluding carboxylic acids is 1. The summed E-state index contributed by atoms with van der Waals surface area (Å²) in [6.07, 6.45) is 2.21. The summed E-state index contributed by atoms with van der Waals surface area (Å²) in [5, 5.41) is 0. The lowest BCUT2D eigenvalue weighted by molar-refractivity contribution is -0.182. The molecule has 5 heteroatoms. The maximum absolute atomic E-state index is 14.0. The van der Waals surface area contributed by atoms with Crippen LogP contribution in [-0.4, -0.2) is 36.4 Å². The van der Waals surface area contributed by atoms with E-state index in [0.29, 0.717) is 25.9 Å². The van der Waals surface area contributed by atoms with E-state index in [-0.39, 0.29) is 34.6 Å². The van der Waals surface area contributed by atoms with Crippen LogP contribution in [0.4, 0.5) is 8.78 Å². The van der Waals surface area contributed by atoms with Gasteiger partial charge < -0.3 is 10.6 Å². The summed E-state index contributed by atoms with van der Waals surface area (Å²) < 4.78 is 28.1. The molecule has 3 nitrogen and oxygen atoms in total. The van der Waals surface area contributed by atoms with Crippen molar-refractivity contribution < 1.29 is 13.6 Å². The number of amides is 1. The van der Waals surface area contributed by atoms with Crippen molar-refractivity contribution in [3.63, 3.8) is 0 Å². The molecule has 0 aromatic heterocycles. The summed E-state index contributed by atoms with van der Waals surface area (Å²) in [6, 6.07) is 10.5. The predicted molar refractivity (Wildman–Crippen MR) is 113 cm³/mol. The van der Waals surface area contributed by atoms with Gasteiger partial charge in [0.1, 0.15) is 0 Å². The minimum Gasteiger partial charge on any atom is -0.342 e. The van der Waals surface area contributed by atoms with E-state index in [1.54, 1.807) is 0 Å². The molecule has 1 amide bonds. The number of rotatable bonds is 3. The van der Waals surface area contributed by atoms with Crippen molar-refractivity contribution in [1.82, 2.24) is 4.90 Å². The Bertz CT molecular complexity index is 808. The Labute approximate surface area is 178 Å². The molecule has 4 saturated carbocycles. The number of nitrogens with two attached hydrogens (primary N) is 1. The molecule has 4 bridgehead atoms. The molecule has 1 aliphatic heterocycles. The third-order valence-electron chi connectivity index (χ3n) is 9.11. The van der Waals surface area contributed by atoms with Crippen molar-refractivity contribution in [2.45, 2.75) is 70.3 Å². The van der Waals surface area contributed by atoms with Crippen molar-refractivity contribution in [2.75, 3.05) is 13.1 Å². The Morgan fingerprint density at radius 2 is 1.73 bits per heavy atom. The third kappa shape index (κ3) is 2.95. The third-order valence-corrected chi connectivity index (χ3v) is 9.11. The molecule has 2 unspecified atom stereocenters. The maximum Gasteiger partial charge on any atom is 0.241 e. The summed E-state index contributed by atoms with van der Waals surface area (Å²) in [4.78, 5) is 16.0. The highest BCUT2D eigenvalue weighted by Gasteiger charge is 2.66. The van der Waals surface area contributed by atoms with Crippen LogP contribution in [0.15, 0.2) is 30.3 Å². The van der Waals surface area contributed by atoms with Gasteiger partial charge in [-0.3, -0.25) is 4.79 Å². The van der Waals surface area contributed by atoms with Crippen LogP contribution in [0.5, 0.6) is 0 Å². The van der Waals surface area contributed by atoms with Gasteiger partial charge in [0.15, 0.2) is 0 Å². The molecule has 5 aliphatic rings. The molecule has 4 aliphatic carbocycles. The van der Waals surface area contributed by atoms with E-state index < -0.39 is 17.8 Å². The van der Waals surface area contributed by atoms with Gasteiger partial charge in [-0.15, -0.1) is 0 Å². The molecule has 164 valence electrons. The monoisotopic (exact) mass is 416 g/mol. The van der Waals surface area contributed by atoms with Gasteiger partial charge in [-0.25, -0.2) is 8.78 Å². The molecule has 1 aromatic carbocycles. The van der Waals surface area contributed by atoms with Crippen LogP contribution in [0.3, 0.4) is 0 Å². The largest absolute Gasteiger partial charge is 0.342 e. The van der Waals surface area contributed by atoms with Crippen LogP contribution >= 0.6 is 0 Å². The quantitative estimate of drug-likeness (QED) is 0.783. The highest BCUT2D eigenvalue weighted by Crippen LogP contribution is 2.68. The molecule has 30 heavy (non-hydrogen) atoms. The second kappa shape index (κ2) is 6.75. The van der Waals surface area contributed by atoms with E-state index in [1.807, 2.05) is 23.1 Å². The van der Waals surface area contributed by atoms with E-state index in [4.69, 9.17) is 5.73 Å². The minimum atomic E-state index is -2.29. The summed E-state index contributed by atoms with van der Waals surface area (Å²) in [6.45, 7) is 5.63. The van der Waals surface area contributed by atoms with Gasteiger partial charge in [0, 0.05) is 25.0 Å². The molecule has 6 rings (SSSR count). The molecule has 2 N–H and O–H groups in total. The first-order valence-corrected chi connectivity index (χ1v) is 11.5. The second-order valence-corrected chi connectivity index (χ2v) is 11.5. The number of hydrogen-bond donors (Lipinski definition) is 1. The van der Waals surface area contributed by atoms with Gasteiger partial charge in [-0.2, -0.15) is 0 Å². The highest BCUT2D eigenvalue weighted by atomic mass is 19.3. The van der Waals surface area contributed by atoms with Crippen LogP contribution in [0.1, 0.15) is 57.9 Å². The van der Waals surface area contributed by atoms with Crippen LogP contribution in [0, 0.1) is 28.6 Å². The van der Waals surface area contributed by atoms with Gasteiger partial charge in [0.2, 0.25) is 12.3 Å². The van der Waals surface area contributed by atoms with Crippen LogP contribution in [-0.2, 0) is 10.2 Å². The first-order valence-electron chi connectivity index (χ1n) is 11.5. The first kappa shape index (κ1) is 20.4. The lowest BCUT2D eigenvalue weighted by Crippen LogP contribution is -2.65. The fourth-order valence-electron chi connectivity index (χ4n) is 7.86. The molecular weight excluding hydrogens is 382 g/mol. The predicted octanol–water partition coefficient (Wildman–Crippen LogP) is 4.60. The molecule has 0 spiro atoms. The molecular formula is C25H34F2N2O. The fourth-order valence-corrected chi connectivity index (χ4v) is 7.86. The lowest BCUT2D eigenvalue weighted by Gasteiger charge is -2.65. The fraction of sp³-hybridized carbons (Fsp3) is 0.720.